The highest BCUT2D eigenvalue weighted by atomic mass is 16.5. The Morgan fingerprint density at radius 3 is 2.88 bits per heavy atom. The fraction of sp³-hybridized carbons (Fsp3) is 0.545. The summed E-state index contributed by atoms with van der Waals surface area (Å²) >= 11 is 0. The molecule has 1 aromatic heterocycles. The van der Waals surface area contributed by atoms with E-state index in [0.29, 0.717) is 18.2 Å². The Hall–Kier alpha value is -1.67. The van der Waals surface area contributed by atoms with Gasteiger partial charge in [-0.1, -0.05) is 0 Å². The third-order valence-electron chi connectivity index (χ3n) is 2.14. The Kier molecular flexibility index (Phi) is 4.67. The normalized spacial score (nSPS) is 9.88. The molecule has 86 valence electrons. The van der Waals surface area contributed by atoms with Gasteiger partial charge in [0.15, 0.2) is 0 Å². The van der Waals surface area contributed by atoms with Crippen LogP contribution in [-0.4, -0.2) is 37.3 Å². The van der Waals surface area contributed by atoms with Crippen LogP contribution in [0.25, 0.3) is 0 Å². The zero-order valence-electron chi connectivity index (χ0n) is 9.90. The molecule has 0 bridgehead atoms. The van der Waals surface area contributed by atoms with Crippen molar-refractivity contribution in [2.24, 2.45) is 0 Å². The van der Waals surface area contributed by atoms with Gasteiger partial charge in [-0.05, 0) is 19.4 Å². The SMILES string of the molecule is COCCCN(C)c1nc(C)cc(C#N)n1. The predicted molar refractivity (Wildman–Crippen MR) is 61.2 cm³/mol. The van der Waals surface area contributed by atoms with E-state index in [1.807, 2.05) is 24.9 Å². The molecule has 0 fully saturated rings. The summed E-state index contributed by atoms with van der Waals surface area (Å²) in [7, 11) is 3.59. The summed E-state index contributed by atoms with van der Waals surface area (Å²) in [5, 5.41) is 8.80. The van der Waals surface area contributed by atoms with Crippen molar-refractivity contribution in [3.8, 4) is 6.07 Å². The van der Waals surface area contributed by atoms with Gasteiger partial charge in [0.05, 0.1) is 0 Å². The molecule has 0 saturated carbocycles. The smallest absolute Gasteiger partial charge is 0.226 e. The molecule has 1 heterocycles. The molecule has 5 heteroatoms. The van der Waals surface area contributed by atoms with Crippen LogP contribution in [0.15, 0.2) is 6.07 Å². The van der Waals surface area contributed by atoms with Gasteiger partial charge in [-0.25, -0.2) is 9.97 Å². The molecule has 0 aromatic carbocycles. The van der Waals surface area contributed by atoms with Crippen molar-refractivity contribution < 1.29 is 4.74 Å². The van der Waals surface area contributed by atoms with Crippen molar-refractivity contribution in [3.05, 3.63) is 17.5 Å². The number of ether oxygens (including phenoxy) is 1. The quantitative estimate of drug-likeness (QED) is 0.696. The van der Waals surface area contributed by atoms with E-state index in [1.54, 1.807) is 13.2 Å². The second kappa shape index (κ2) is 6.03. The van der Waals surface area contributed by atoms with Gasteiger partial charge in [0.2, 0.25) is 5.95 Å². The summed E-state index contributed by atoms with van der Waals surface area (Å²) in [6.07, 6.45) is 0.909. The van der Waals surface area contributed by atoms with Crippen LogP contribution in [-0.2, 0) is 4.74 Å². The fourth-order valence-corrected chi connectivity index (χ4v) is 1.33. The number of nitriles is 1. The van der Waals surface area contributed by atoms with Crippen LogP contribution in [0.5, 0.6) is 0 Å². The van der Waals surface area contributed by atoms with E-state index in [2.05, 4.69) is 9.97 Å². The lowest BCUT2D eigenvalue weighted by molar-refractivity contribution is 0.196. The van der Waals surface area contributed by atoms with Crippen LogP contribution in [0.2, 0.25) is 0 Å². The Morgan fingerprint density at radius 1 is 1.50 bits per heavy atom. The monoisotopic (exact) mass is 220 g/mol. The number of aromatic nitrogens is 2. The molecule has 0 aliphatic carbocycles. The highest BCUT2D eigenvalue weighted by molar-refractivity contribution is 5.34. The van der Waals surface area contributed by atoms with Crippen molar-refractivity contribution in [3.63, 3.8) is 0 Å². The van der Waals surface area contributed by atoms with Crippen molar-refractivity contribution in [1.29, 1.82) is 5.26 Å². The van der Waals surface area contributed by atoms with Gasteiger partial charge in [-0.2, -0.15) is 5.26 Å². The Morgan fingerprint density at radius 2 is 2.25 bits per heavy atom. The summed E-state index contributed by atoms with van der Waals surface area (Å²) in [4.78, 5) is 10.4. The highest BCUT2D eigenvalue weighted by Crippen LogP contribution is 2.08. The number of hydrogen-bond donors (Lipinski definition) is 0. The summed E-state index contributed by atoms with van der Waals surface area (Å²) in [5.41, 5.74) is 1.21. The van der Waals surface area contributed by atoms with E-state index in [1.165, 1.54) is 0 Å². The van der Waals surface area contributed by atoms with E-state index in [-0.39, 0.29) is 0 Å². The van der Waals surface area contributed by atoms with Crippen LogP contribution in [0.1, 0.15) is 17.8 Å². The second-order valence-corrected chi connectivity index (χ2v) is 3.57. The molecule has 0 aliphatic rings. The van der Waals surface area contributed by atoms with E-state index in [4.69, 9.17) is 10.00 Å². The maximum atomic E-state index is 8.80. The van der Waals surface area contributed by atoms with Gasteiger partial charge in [0.1, 0.15) is 11.8 Å². The average molecular weight is 220 g/mol. The number of rotatable bonds is 5. The van der Waals surface area contributed by atoms with E-state index < -0.39 is 0 Å². The second-order valence-electron chi connectivity index (χ2n) is 3.57. The van der Waals surface area contributed by atoms with Gasteiger partial charge in [0.25, 0.3) is 0 Å². The van der Waals surface area contributed by atoms with E-state index >= 15 is 0 Å². The molecule has 0 aliphatic heterocycles. The lowest BCUT2D eigenvalue weighted by Gasteiger charge is -2.16. The molecule has 1 rings (SSSR count). The summed E-state index contributed by atoms with van der Waals surface area (Å²) in [5.74, 6) is 0.590. The molecule has 0 amide bonds. The lowest BCUT2D eigenvalue weighted by Crippen LogP contribution is -2.22. The summed E-state index contributed by atoms with van der Waals surface area (Å²) in [6.45, 7) is 3.37. The largest absolute Gasteiger partial charge is 0.385 e. The molecule has 1 aromatic rings. The van der Waals surface area contributed by atoms with E-state index in [0.717, 1.165) is 18.7 Å². The predicted octanol–water partition coefficient (Wildman–Crippen LogP) is 1.13. The molecule has 0 unspecified atom stereocenters. The molecule has 0 spiro atoms. The van der Waals surface area contributed by atoms with Crippen LogP contribution in [0.3, 0.4) is 0 Å². The number of methoxy groups -OCH3 is 1. The van der Waals surface area contributed by atoms with Gasteiger partial charge in [0, 0.05) is 33.0 Å². The first-order valence-corrected chi connectivity index (χ1v) is 5.13. The number of nitrogens with zero attached hydrogens (tertiary/aromatic N) is 4. The van der Waals surface area contributed by atoms with Gasteiger partial charge in [-0.3, -0.25) is 0 Å². The first-order valence-electron chi connectivity index (χ1n) is 5.13. The number of hydrogen-bond acceptors (Lipinski definition) is 5. The molecule has 0 N–H and O–H groups in total. The average Bonchev–Trinajstić information content (AvgIpc) is 2.28. The van der Waals surface area contributed by atoms with Crippen LogP contribution >= 0.6 is 0 Å². The fourth-order valence-electron chi connectivity index (χ4n) is 1.33. The Balaban J connectivity index is 2.71. The molecule has 5 nitrogen and oxygen atoms in total. The first kappa shape index (κ1) is 12.4. The lowest BCUT2D eigenvalue weighted by atomic mass is 10.3. The zero-order chi connectivity index (χ0) is 12.0. The van der Waals surface area contributed by atoms with Crippen molar-refractivity contribution in [2.45, 2.75) is 13.3 Å². The molecule has 0 saturated heterocycles. The minimum absolute atomic E-state index is 0.404. The zero-order valence-corrected chi connectivity index (χ0v) is 9.90. The third kappa shape index (κ3) is 3.48. The van der Waals surface area contributed by atoms with Crippen molar-refractivity contribution in [1.82, 2.24) is 9.97 Å². The number of aryl methyl sites for hydroxylation is 1. The molecular weight excluding hydrogens is 204 g/mol. The van der Waals surface area contributed by atoms with Gasteiger partial charge >= 0.3 is 0 Å². The topological polar surface area (TPSA) is 62.0 Å². The van der Waals surface area contributed by atoms with Crippen LogP contribution in [0.4, 0.5) is 5.95 Å². The molecule has 0 atom stereocenters. The van der Waals surface area contributed by atoms with E-state index in [9.17, 15) is 0 Å². The maximum Gasteiger partial charge on any atom is 0.226 e. The summed E-state index contributed by atoms with van der Waals surface area (Å²) < 4.78 is 4.98. The van der Waals surface area contributed by atoms with Gasteiger partial charge < -0.3 is 9.64 Å². The maximum absolute atomic E-state index is 8.80. The highest BCUT2D eigenvalue weighted by Gasteiger charge is 2.06. The number of anilines is 1. The van der Waals surface area contributed by atoms with Crippen LogP contribution < -0.4 is 4.90 Å². The van der Waals surface area contributed by atoms with Crippen LogP contribution in [0, 0.1) is 18.3 Å². The van der Waals surface area contributed by atoms with Gasteiger partial charge in [-0.15, -0.1) is 0 Å². The molecular formula is C11H16N4O. The van der Waals surface area contributed by atoms with Crippen molar-refractivity contribution >= 4 is 5.95 Å². The standard InChI is InChI=1S/C11H16N4O/c1-9-7-10(8-12)14-11(13-9)15(2)5-4-6-16-3/h7H,4-6H2,1-3H3. The first-order chi connectivity index (χ1) is 7.67. The minimum Gasteiger partial charge on any atom is -0.385 e. The summed E-state index contributed by atoms with van der Waals surface area (Å²) in [6, 6.07) is 3.70. The third-order valence-corrected chi connectivity index (χ3v) is 2.14. The minimum atomic E-state index is 0.404. The Labute approximate surface area is 95.7 Å². The Bertz CT molecular complexity index is 386. The molecule has 0 radical (unpaired) electrons. The molecule has 16 heavy (non-hydrogen) atoms. The van der Waals surface area contributed by atoms with Crippen molar-refractivity contribution in [2.75, 3.05) is 32.2 Å².